The van der Waals surface area contributed by atoms with E-state index in [9.17, 15) is 0 Å². The Bertz CT molecular complexity index is 436. The summed E-state index contributed by atoms with van der Waals surface area (Å²) in [5, 5.41) is 6.95. The van der Waals surface area contributed by atoms with E-state index in [4.69, 9.17) is 4.52 Å². The maximum atomic E-state index is 4.93. The van der Waals surface area contributed by atoms with Crippen LogP contribution in [0.25, 0.3) is 11.4 Å². The highest BCUT2D eigenvalue weighted by atomic mass is 16.5. The van der Waals surface area contributed by atoms with Gasteiger partial charge in [0.25, 0.3) is 0 Å². The molecule has 0 spiro atoms. The first-order chi connectivity index (χ1) is 6.81. The van der Waals surface area contributed by atoms with E-state index in [2.05, 4.69) is 15.5 Å². The molecule has 1 aromatic heterocycles. The number of hydrogen-bond acceptors (Lipinski definition) is 4. The number of nitrogens with zero attached hydrogens (tertiary/aromatic N) is 2. The molecule has 0 saturated heterocycles. The SMILES string of the molecule is CNc1ccccc1-c1noc(C)n1. The minimum Gasteiger partial charge on any atom is -0.388 e. The first-order valence-electron chi connectivity index (χ1n) is 4.38. The van der Waals surface area contributed by atoms with Gasteiger partial charge in [0.2, 0.25) is 11.7 Å². The van der Waals surface area contributed by atoms with Crippen LogP contribution in [-0.4, -0.2) is 17.2 Å². The van der Waals surface area contributed by atoms with Gasteiger partial charge in [0.15, 0.2) is 0 Å². The van der Waals surface area contributed by atoms with Crippen LogP contribution in [0.5, 0.6) is 0 Å². The van der Waals surface area contributed by atoms with E-state index in [1.54, 1.807) is 6.92 Å². The third-order valence-electron chi connectivity index (χ3n) is 1.96. The molecule has 0 unspecified atom stereocenters. The van der Waals surface area contributed by atoms with E-state index in [1.165, 1.54) is 0 Å². The number of benzene rings is 1. The second kappa shape index (κ2) is 3.49. The molecule has 1 aromatic carbocycles. The molecule has 0 radical (unpaired) electrons. The van der Waals surface area contributed by atoms with Crippen molar-refractivity contribution in [2.24, 2.45) is 0 Å². The quantitative estimate of drug-likeness (QED) is 0.785. The summed E-state index contributed by atoms with van der Waals surface area (Å²) in [7, 11) is 1.87. The first-order valence-corrected chi connectivity index (χ1v) is 4.38. The Hall–Kier alpha value is -1.84. The van der Waals surface area contributed by atoms with Crippen molar-refractivity contribution in [2.75, 3.05) is 12.4 Å². The Morgan fingerprint density at radius 3 is 2.71 bits per heavy atom. The van der Waals surface area contributed by atoms with E-state index >= 15 is 0 Å². The highest BCUT2D eigenvalue weighted by Gasteiger charge is 2.08. The molecule has 1 N–H and O–H groups in total. The molecule has 0 aliphatic carbocycles. The zero-order chi connectivity index (χ0) is 9.97. The summed E-state index contributed by atoms with van der Waals surface area (Å²) < 4.78 is 4.93. The van der Waals surface area contributed by atoms with Crippen molar-refractivity contribution < 1.29 is 4.52 Å². The van der Waals surface area contributed by atoms with Gasteiger partial charge in [-0.05, 0) is 12.1 Å². The van der Waals surface area contributed by atoms with Crippen LogP contribution in [0.3, 0.4) is 0 Å². The third kappa shape index (κ3) is 1.46. The minimum atomic E-state index is 0.575. The standard InChI is InChI=1S/C10H11N3O/c1-7-12-10(13-14-7)8-5-3-4-6-9(8)11-2/h3-6,11H,1-2H3. The lowest BCUT2D eigenvalue weighted by Crippen LogP contribution is -1.92. The van der Waals surface area contributed by atoms with Crippen molar-refractivity contribution in [3.63, 3.8) is 0 Å². The van der Waals surface area contributed by atoms with Gasteiger partial charge in [0, 0.05) is 25.2 Å². The summed E-state index contributed by atoms with van der Waals surface area (Å²) >= 11 is 0. The van der Waals surface area contributed by atoms with Crippen molar-refractivity contribution >= 4 is 5.69 Å². The number of nitrogens with one attached hydrogen (secondary N) is 1. The molecule has 2 aromatic rings. The van der Waals surface area contributed by atoms with Crippen molar-refractivity contribution in [3.05, 3.63) is 30.2 Å². The molecule has 1 heterocycles. The van der Waals surface area contributed by atoms with Crippen LogP contribution in [0, 0.1) is 6.92 Å². The molecular weight excluding hydrogens is 178 g/mol. The Kier molecular flexibility index (Phi) is 2.18. The lowest BCUT2D eigenvalue weighted by Gasteiger charge is -2.03. The van der Waals surface area contributed by atoms with Gasteiger partial charge in [0.1, 0.15) is 0 Å². The topological polar surface area (TPSA) is 51.0 Å². The molecule has 4 nitrogen and oxygen atoms in total. The van der Waals surface area contributed by atoms with Crippen molar-refractivity contribution in [1.29, 1.82) is 0 Å². The zero-order valence-electron chi connectivity index (χ0n) is 8.11. The fourth-order valence-corrected chi connectivity index (χ4v) is 1.30. The summed E-state index contributed by atoms with van der Waals surface area (Å²) in [6.45, 7) is 1.78. The molecule has 0 aliphatic heterocycles. The fourth-order valence-electron chi connectivity index (χ4n) is 1.30. The molecule has 14 heavy (non-hydrogen) atoms. The van der Waals surface area contributed by atoms with Gasteiger partial charge in [-0.2, -0.15) is 4.98 Å². The van der Waals surface area contributed by atoms with Crippen molar-refractivity contribution in [3.8, 4) is 11.4 Å². The summed E-state index contributed by atoms with van der Waals surface area (Å²) in [6, 6.07) is 7.83. The van der Waals surface area contributed by atoms with Crippen LogP contribution < -0.4 is 5.32 Å². The highest BCUT2D eigenvalue weighted by molar-refractivity contribution is 5.72. The van der Waals surface area contributed by atoms with Crippen molar-refractivity contribution in [2.45, 2.75) is 6.92 Å². The molecular formula is C10H11N3O. The number of hydrogen-bond donors (Lipinski definition) is 1. The summed E-state index contributed by atoms with van der Waals surface area (Å²) in [6.07, 6.45) is 0. The van der Waals surface area contributed by atoms with Crippen molar-refractivity contribution in [1.82, 2.24) is 10.1 Å². The number of para-hydroxylation sites is 1. The highest BCUT2D eigenvalue weighted by Crippen LogP contribution is 2.24. The minimum absolute atomic E-state index is 0.575. The summed E-state index contributed by atoms with van der Waals surface area (Å²) in [5.41, 5.74) is 1.94. The molecule has 0 fully saturated rings. The van der Waals surface area contributed by atoms with Crippen LogP contribution in [0.1, 0.15) is 5.89 Å². The van der Waals surface area contributed by atoms with Crippen LogP contribution in [-0.2, 0) is 0 Å². The largest absolute Gasteiger partial charge is 0.388 e. The van der Waals surface area contributed by atoms with Crippen LogP contribution >= 0.6 is 0 Å². The molecule has 0 saturated carbocycles. The molecule has 0 aliphatic rings. The smallest absolute Gasteiger partial charge is 0.223 e. The first kappa shape index (κ1) is 8.74. The molecule has 2 rings (SSSR count). The normalized spacial score (nSPS) is 10.1. The molecule has 4 heteroatoms. The molecule has 0 atom stereocenters. The Labute approximate surface area is 82.0 Å². The number of aromatic nitrogens is 2. The monoisotopic (exact) mass is 189 g/mol. The number of aryl methyl sites for hydroxylation is 1. The molecule has 0 amide bonds. The molecule has 72 valence electrons. The molecule has 0 bridgehead atoms. The van der Waals surface area contributed by atoms with E-state index in [1.807, 2.05) is 31.3 Å². The maximum Gasteiger partial charge on any atom is 0.223 e. The Balaban J connectivity index is 2.50. The summed E-state index contributed by atoms with van der Waals surface area (Å²) in [5.74, 6) is 1.19. The van der Waals surface area contributed by atoms with E-state index in [0.29, 0.717) is 11.7 Å². The van der Waals surface area contributed by atoms with Gasteiger partial charge in [-0.15, -0.1) is 0 Å². The number of anilines is 1. The van der Waals surface area contributed by atoms with Gasteiger partial charge < -0.3 is 9.84 Å². The van der Waals surface area contributed by atoms with Gasteiger partial charge in [-0.25, -0.2) is 0 Å². The van der Waals surface area contributed by atoms with Crippen LogP contribution in [0.15, 0.2) is 28.8 Å². The average molecular weight is 189 g/mol. The van der Waals surface area contributed by atoms with Gasteiger partial charge in [-0.1, -0.05) is 17.3 Å². The maximum absolute atomic E-state index is 4.93. The van der Waals surface area contributed by atoms with E-state index in [-0.39, 0.29) is 0 Å². The van der Waals surface area contributed by atoms with Crippen LogP contribution in [0.2, 0.25) is 0 Å². The van der Waals surface area contributed by atoms with E-state index in [0.717, 1.165) is 11.3 Å². The van der Waals surface area contributed by atoms with Crippen LogP contribution in [0.4, 0.5) is 5.69 Å². The lowest BCUT2D eigenvalue weighted by atomic mass is 10.1. The van der Waals surface area contributed by atoms with Gasteiger partial charge in [0.05, 0.1) is 0 Å². The number of rotatable bonds is 2. The van der Waals surface area contributed by atoms with E-state index < -0.39 is 0 Å². The lowest BCUT2D eigenvalue weighted by molar-refractivity contribution is 0.394. The second-order valence-electron chi connectivity index (χ2n) is 2.93. The third-order valence-corrected chi connectivity index (χ3v) is 1.96. The van der Waals surface area contributed by atoms with Gasteiger partial charge >= 0.3 is 0 Å². The fraction of sp³-hybridized carbons (Fsp3) is 0.200. The summed E-state index contributed by atoms with van der Waals surface area (Å²) in [4.78, 5) is 4.17. The second-order valence-corrected chi connectivity index (χ2v) is 2.93. The zero-order valence-corrected chi connectivity index (χ0v) is 8.11. The average Bonchev–Trinajstić information content (AvgIpc) is 2.65. The predicted molar refractivity (Wildman–Crippen MR) is 54.0 cm³/mol. The predicted octanol–water partition coefficient (Wildman–Crippen LogP) is 2.09. The van der Waals surface area contributed by atoms with Gasteiger partial charge in [-0.3, -0.25) is 0 Å². The Morgan fingerprint density at radius 2 is 2.07 bits per heavy atom. The Morgan fingerprint density at radius 1 is 1.29 bits per heavy atom.